The molecule has 3 atom stereocenters. The van der Waals surface area contributed by atoms with E-state index >= 15 is 0 Å². The van der Waals surface area contributed by atoms with Crippen molar-refractivity contribution in [3.63, 3.8) is 0 Å². The van der Waals surface area contributed by atoms with Gasteiger partial charge in [-0.25, -0.2) is 4.98 Å². The van der Waals surface area contributed by atoms with Crippen molar-refractivity contribution in [1.82, 2.24) is 9.88 Å². The van der Waals surface area contributed by atoms with E-state index in [-0.39, 0.29) is 11.9 Å². The highest BCUT2D eigenvalue weighted by molar-refractivity contribution is 7.15. The Morgan fingerprint density at radius 2 is 2.27 bits per heavy atom. The highest BCUT2D eigenvalue weighted by Crippen LogP contribution is 2.39. The summed E-state index contributed by atoms with van der Waals surface area (Å²) in [5.74, 6) is 0.458. The van der Waals surface area contributed by atoms with Gasteiger partial charge < -0.3 is 10.5 Å². The summed E-state index contributed by atoms with van der Waals surface area (Å²) in [5.41, 5.74) is 7.03. The number of anilines is 1. The molecule has 0 bridgehead atoms. The van der Waals surface area contributed by atoms with Crippen molar-refractivity contribution in [1.29, 1.82) is 0 Å². The van der Waals surface area contributed by atoms with Crippen LogP contribution >= 0.6 is 11.3 Å². The molecule has 1 fully saturated rings. The Bertz CT molecular complexity index is 545. The number of nitrogens with two attached hydrogens (primary N) is 1. The molecule has 0 amide bonds. The molecule has 0 radical (unpaired) electrons. The Labute approximate surface area is 135 Å². The van der Waals surface area contributed by atoms with Crippen molar-refractivity contribution in [2.24, 2.45) is 11.8 Å². The summed E-state index contributed by atoms with van der Waals surface area (Å²) in [7, 11) is 0. The quantitative estimate of drug-likeness (QED) is 0.860. The molecule has 1 aliphatic heterocycles. The number of ether oxygens (including phenoxy) is 1. The lowest BCUT2D eigenvalue weighted by molar-refractivity contribution is -0.152. The number of likely N-dealkylation sites (tertiary alicyclic amines) is 1. The largest absolute Gasteiger partial charge is 0.466 e. The number of nitrogen functional groups attached to an aromatic ring is 1. The van der Waals surface area contributed by atoms with Crippen molar-refractivity contribution >= 4 is 22.4 Å². The third-order valence-corrected chi connectivity index (χ3v) is 5.78. The number of carbonyl (C=O) groups excluding carboxylic acids is 1. The van der Waals surface area contributed by atoms with Crippen LogP contribution in [0.4, 0.5) is 5.13 Å². The predicted octanol–water partition coefficient (Wildman–Crippen LogP) is 2.10. The first-order valence-corrected chi connectivity index (χ1v) is 9.08. The second-order valence-corrected chi connectivity index (χ2v) is 7.45. The summed E-state index contributed by atoms with van der Waals surface area (Å²) >= 11 is 1.63. The third kappa shape index (κ3) is 2.99. The molecule has 2 aliphatic rings. The van der Waals surface area contributed by atoms with E-state index in [0.29, 0.717) is 23.7 Å². The number of fused-ring (bicyclic) bond motifs is 2. The zero-order valence-electron chi connectivity index (χ0n) is 13.4. The van der Waals surface area contributed by atoms with Crippen LogP contribution in [0.2, 0.25) is 0 Å². The number of esters is 1. The predicted molar refractivity (Wildman–Crippen MR) is 87.8 cm³/mol. The Morgan fingerprint density at radius 3 is 3.00 bits per heavy atom. The lowest BCUT2D eigenvalue weighted by Crippen LogP contribution is -2.53. The minimum atomic E-state index is -0.0364. The topological polar surface area (TPSA) is 68.5 Å². The minimum Gasteiger partial charge on any atom is -0.466 e. The number of hydrogen-bond donors (Lipinski definition) is 1. The fourth-order valence-corrected chi connectivity index (χ4v) is 4.87. The highest BCUT2D eigenvalue weighted by atomic mass is 32.1. The van der Waals surface area contributed by atoms with E-state index in [9.17, 15) is 4.79 Å². The molecule has 1 aliphatic carbocycles. The van der Waals surface area contributed by atoms with Crippen LogP contribution in [0.5, 0.6) is 0 Å². The number of nitrogens with zero attached hydrogens (tertiary/aromatic N) is 2. The van der Waals surface area contributed by atoms with E-state index in [2.05, 4.69) is 16.8 Å². The van der Waals surface area contributed by atoms with E-state index < -0.39 is 0 Å². The van der Waals surface area contributed by atoms with Crippen LogP contribution in [0.1, 0.15) is 37.3 Å². The molecule has 1 aromatic rings. The van der Waals surface area contributed by atoms with Crippen molar-refractivity contribution in [2.45, 2.75) is 45.6 Å². The second kappa shape index (κ2) is 6.54. The summed E-state index contributed by atoms with van der Waals surface area (Å²) in [4.78, 5) is 20.5. The Hall–Kier alpha value is -1.14. The molecule has 0 aromatic carbocycles. The van der Waals surface area contributed by atoms with Crippen molar-refractivity contribution in [3.8, 4) is 0 Å². The molecule has 122 valence electrons. The SMILES string of the molecule is CCCN1C[C@@H](C(=O)OCC)C[C@@H]2Cc3nc(N)sc3C[C@@H]21. The van der Waals surface area contributed by atoms with Crippen molar-refractivity contribution < 1.29 is 9.53 Å². The fourth-order valence-electron chi connectivity index (χ4n) is 3.96. The van der Waals surface area contributed by atoms with Gasteiger partial charge in [-0.05, 0) is 45.1 Å². The van der Waals surface area contributed by atoms with Gasteiger partial charge in [-0.15, -0.1) is 11.3 Å². The zero-order valence-corrected chi connectivity index (χ0v) is 14.2. The second-order valence-electron chi connectivity index (χ2n) is 6.34. The van der Waals surface area contributed by atoms with E-state index in [0.717, 1.165) is 44.5 Å². The molecule has 1 aromatic heterocycles. The number of piperidine rings is 1. The average molecular weight is 323 g/mol. The number of rotatable bonds is 4. The van der Waals surface area contributed by atoms with Gasteiger partial charge in [-0.3, -0.25) is 9.69 Å². The highest BCUT2D eigenvalue weighted by Gasteiger charge is 2.42. The van der Waals surface area contributed by atoms with E-state index in [1.54, 1.807) is 11.3 Å². The molecule has 0 spiro atoms. The van der Waals surface area contributed by atoms with Crippen LogP contribution in [0.3, 0.4) is 0 Å². The normalized spacial score (nSPS) is 28.0. The van der Waals surface area contributed by atoms with Gasteiger partial charge in [0.1, 0.15) is 0 Å². The molecule has 22 heavy (non-hydrogen) atoms. The van der Waals surface area contributed by atoms with Crippen molar-refractivity contribution in [3.05, 3.63) is 10.6 Å². The maximum absolute atomic E-state index is 12.2. The van der Waals surface area contributed by atoms with Crippen LogP contribution in [-0.4, -0.2) is 41.6 Å². The standard InChI is InChI=1S/C16H25N3O2S/c1-3-5-19-9-11(15(20)21-4-2)6-10-7-12-14(8-13(10)19)22-16(17)18-12/h10-11,13H,3-9H2,1-2H3,(H2,17,18)/t10-,11+,13+/m1/s1. The molecular weight excluding hydrogens is 298 g/mol. The molecule has 0 unspecified atom stereocenters. The molecule has 5 nitrogen and oxygen atoms in total. The minimum absolute atomic E-state index is 0.00489. The molecule has 2 heterocycles. The lowest BCUT2D eigenvalue weighted by atomic mass is 9.75. The van der Waals surface area contributed by atoms with E-state index in [1.807, 2.05) is 6.92 Å². The van der Waals surface area contributed by atoms with Gasteiger partial charge in [0, 0.05) is 17.5 Å². The lowest BCUT2D eigenvalue weighted by Gasteiger charge is -2.46. The Balaban J connectivity index is 1.80. The molecule has 0 saturated carbocycles. The van der Waals surface area contributed by atoms with Crippen LogP contribution in [0.25, 0.3) is 0 Å². The first-order valence-electron chi connectivity index (χ1n) is 8.27. The van der Waals surface area contributed by atoms with Gasteiger partial charge in [0.2, 0.25) is 0 Å². The molecule has 6 heteroatoms. The third-order valence-electron chi connectivity index (χ3n) is 4.83. The molecule has 1 saturated heterocycles. The molecular formula is C16H25N3O2S. The van der Waals surface area contributed by atoms with Gasteiger partial charge >= 0.3 is 5.97 Å². The average Bonchev–Trinajstić information content (AvgIpc) is 2.84. The van der Waals surface area contributed by atoms with Gasteiger partial charge in [0.15, 0.2) is 5.13 Å². The smallest absolute Gasteiger partial charge is 0.310 e. The van der Waals surface area contributed by atoms with Gasteiger partial charge in [-0.2, -0.15) is 0 Å². The summed E-state index contributed by atoms with van der Waals surface area (Å²) in [5, 5.41) is 0.674. The maximum atomic E-state index is 12.2. The monoisotopic (exact) mass is 323 g/mol. The summed E-state index contributed by atoms with van der Waals surface area (Å²) < 4.78 is 5.26. The summed E-state index contributed by atoms with van der Waals surface area (Å²) in [6, 6.07) is 0.526. The summed E-state index contributed by atoms with van der Waals surface area (Å²) in [6.45, 7) is 6.41. The van der Waals surface area contributed by atoms with Crippen LogP contribution in [0, 0.1) is 11.8 Å². The van der Waals surface area contributed by atoms with E-state index in [4.69, 9.17) is 10.5 Å². The number of carbonyl (C=O) groups is 1. The number of aromatic nitrogens is 1. The zero-order chi connectivity index (χ0) is 15.7. The fraction of sp³-hybridized carbons (Fsp3) is 0.750. The Kier molecular flexibility index (Phi) is 4.68. The van der Waals surface area contributed by atoms with Gasteiger partial charge in [0.05, 0.1) is 18.2 Å². The maximum Gasteiger partial charge on any atom is 0.310 e. The molecule has 3 rings (SSSR count). The van der Waals surface area contributed by atoms with Crippen molar-refractivity contribution in [2.75, 3.05) is 25.4 Å². The van der Waals surface area contributed by atoms with Crippen LogP contribution < -0.4 is 5.73 Å². The van der Waals surface area contributed by atoms with E-state index in [1.165, 1.54) is 4.88 Å². The Morgan fingerprint density at radius 1 is 1.45 bits per heavy atom. The van der Waals surface area contributed by atoms with Gasteiger partial charge in [0.25, 0.3) is 0 Å². The number of thiazole rings is 1. The first kappa shape index (κ1) is 15.7. The van der Waals surface area contributed by atoms with Crippen LogP contribution in [-0.2, 0) is 22.4 Å². The first-order chi connectivity index (χ1) is 10.6. The van der Waals surface area contributed by atoms with Gasteiger partial charge in [-0.1, -0.05) is 6.92 Å². The van der Waals surface area contributed by atoms with Crippen LogP contribution in [0.15, 0.2) is 0 Å². The molecule has 2 N–H and O–H groups in total. The summed E-state index contributed by atoms with van der Waals surface area (Å²) in [6.07, 6.45) is 4.01. The number of hydrogen-bond acceptors (Lipinski definition) is 6.